The maximum atomic E-state index is 14.1. The van der Waals surface area contributed by atoms with Crippen LogP contribution < -0.4 is 4.90 Å². The Morgan fingerprint density at radius 1 is 1.03 bits per heavy atom. The van der Waals surface area contributed by atoms with Gasteiger partial charge >= 0.3 is 6.18 Å². The van der Waals surface area contributed by atoms with E-state index in [1.54, 1.807) is 18.3 Å². The summed E-state index contributed by atoms with van der Waals surface area (Å²) in [5, 5.41) is 0. The number of Topliss-reactive ketones (excluding diaryl/α,β-unsaturated/α-hetero) is 1. The van der Waals surface area contributed by atoms with Gasteiger partial charge in [-0.05, 0) is 49.6 Å². The zero-order chi connectivity index (χ0) is 22.9. The van der Waals surface area contributed by atoms with Crippen LogP contribution >= 0.6 is 0 Å². The largest absolute Gasteiger partial charge is 0.416 e. The van der Waals surface area contributed by atoms with E-state index in [0.717, 1.165) is 17.8 Å². The summed E-state index contributed by atoms with van der Waals surface area (Å²) in [5.41, 5.74) is 0.567. The minimum Gasteiger partial charge on any atom is -0.341 e. The summed E-state index contributed by atoms with van der Waals surface area (Å²) in [4.78, 5) is 23.7. The van der Waals surface area contributed by atoms with Crippen LogP contribution in [0.1, 0.15) is 34.5 Å². The van der Waals surface area contributed by atoms with Crippen LogP contribution in [0.2, 0.25) is 0 Å². The van der Waals surface area contributed by atoms with Crippen LogP contribution in [0.5, 0.6) is 0 Å². The molecule has 1 aliphatic heterocycles. The number of hydrogen-bond donors (Lipinski definition) is 0. The van der Waals surface area contributed by atoms with E-state index in [1.165, 1.54) is 12.1 Å². The molecule has 166 valence electrons. The summed E-state index contributed by atoms with van der Waals surface area (Å²) in [6.45, 7) is 3.22. The van der Waals surface area contributed by atoms with E-state index in [-0.39, 0.29) is 22.8 Å². The van der Waals surface area contributed by atoms with Crippen LogP contribution in [0.25, 0.3) is 11.1 Å². The minimum atomic E-state index is -4.56. The van der Waals surface area contributed by atoms with Crippen molar-refractivity contribution in [3.8, 4) is 11.1 Å². The average Bonchev–Trinajstić information content (AvgIpc) is 2.78. The molecule has 0 aliphatic carbocycles. The van der Waals surface area contributed by atoms with Crippen molar-refractivity contribution in [2.24, 2.45) is 5.92 Å². The van der Waals surface area contributed by atoms with E-state index in [0.29, 0.717) is 43.5 Å². The third kappa shape index (κ3) is 4.64. The molecule has 0 amide bonds. The summed E-state index contributed by atoms with van der Waals surface area (Å²) < 4.78 is 53.1. The lowest BCUT2D eigenvalue weighted by molar-refractivity contribution is -0.137. The third-order valence-electron chi connectivity index (χ3n) is 5.70. The van der Waals surface area contributed by atoms with E-state index in [2.05, 4.69) is 14.9 Å². The first kappa shape index (κ1) is 21.9. The Kier molecular flexibility index (Phi) is 5.95. The van der Waals surface area contributed by atoms with Gasteiger partial charge in [0.25, 0.3) is 0 Å². The van der Waals surface area contributed by atoms with E-state index in [4.69, 9.17) is 0 Å². The normalized spacial score (nSPS) is 15.1. The van der Waals surface area contributed by atoms with Gasteiger partial charge in [-0.15, -0.1) is 0 Å². The first-order chi connectivity index (χ1) is 15.2. The van der Waals surface area contributed by atoms with Crippen molar-refractivity contribution >= 4 is 11.7 Å². The summed E-state index contributed by atoms with van der Waals surface area (Å²) in [6, 6.07) is 10.2. The molecule has 2 heterocycles. The van der Waals surface area contributed by atoms with Crippen LogP contribution in [0.4, 0.5) is 23.5 Å². The van der Waals surface area contributed by atoms with Gasteiger partial charge in [0.15, 0.2) is 5.78 Å². The van der Waals surface area contributed by atoms with Crippen LogP contribution in [0.3, 0.4) is 0 Å². The van der Waals surface area contributed by atoms with Gasteiger partial charge in [0.05, 0.1) is 5.56 Å². The molecule has 1 fully saturated rings. The van der Waals surface area contributed by atoms with Gasteiger partial charge < -0.3 is 4.90 Å². The molecule has 0 unspecified atom stereocenters. The van der Waals surface area contributed by atoms with Gasteiger partial charge in [0, 0.05) is 42.0 Å². The molecule has 0 N–H and O–H groups in total. The van der Waals surface area contributed by atoms with Crippen molar-refractivity contribution in [1.29, 1.82) is 0 Å². The molecule has 8 heteroatoms. The number of benzene rings is 2. The number of ketones is 1. The SMILES string of the molecule is Cc1ccnc(N2CCC(C(=O)c3ccc(-c4cc(C(F)(F)F)ccc4F)cc3)CC2)n1. The van der Waals surface area contributed by atoms with E-state index in [1.807, 2.05) is 13.0 Å². The topological polar surface area (TPSA) is 46.1 Å². The van der Waals surface area contributed by atoms with Crippen molar-refractivity contribution in [3.05, 3.63) is 77.4 Å². The molecule has 0 atom stereocenters. The number of alkyl halides is 3. The quantitative estimate of drug-likeness (QED) is 0.383. The first-order valence-corrected chi connectivity index (χ1v) is 10.3. The minimum absolute atomic E-state index is 0.0223. The Morgan fingerprint density at radius 3 is 2.34 bits per heavy atom. The number of nitrogens with zero attached hydrogens (tertiary/aromatic N) is 3. The molecule has 0 saturated carbocycles. The monoisotopic (exact) mass is 443 g/mol. The van der Waals surface area contributed by atoms with Crippen molar-refractivity contribution in [2.75, 3.05) is 18.0 Å². The van der Waals surface area contributed by atoms with Crippen LogP contribution in [0.15, 0.2) is 54.7 Å². The maximum Gasteiger partial charge on any atom is 0.416 e. The lowest BCUT2D eigenvalue weighted by Crippen LogP contribution is -2.37. The summed E-state index contributed by atoms with van der Waals surface area (Å²) in [7, 11) is 0. The number of halogens is 4. The van der Waals surface area contributed by atoms with Crippen LogP contribution in [0, 0.1) is 18.7 Å². The molecule has 1 saturated heterocycles. The van der Waals surface area contributed by atoms with Crippen molar-refractivity contribution in [1.82, 2.24) is 9.97 Å². The van der Waals surface area contributed by atoms with Gasteiger partial charge in [-0.2, -0.15) is 13.2 Å². The second-order valence-corrected chi connectivity index (χ2v) is 7.89. The molecule has 0 radical (unpaired) electrons. The van der Waals surface area contributed by atoms with E-state index < -0.39 is 17.6 Å². The highest BCUT2D eigenvalue weighted by molar-refractivity contribution is 5.98. The summed E-state index contributed by atoms with van der Waals surface area (Å²) in [5.74, 6) is -0.274. The number of hydrogen-bond acceptors (Lipinski definition) is 4. The molecule has 1 aliphatic rings. The summed E-state index contributed by atoms with van der Waals surface area (Å²) in [6.07, 6.45) is -1.54. The number of aromatic nitrogens is 2. The van der Waals surface area contributed by atoms with Gasteiger partial charge in [0.2, 0.25) is 5.95 Å². The molecule has 32 heavy (non-hydrogen) atoms. The standard InChI is InChI=1S/C24H21F4N3O/c1-15-8-11-29-23(30-15)31-12-9-18(10-13-31)22(32)17-4-2-16(3-5-17)20-14-19(24(26,27)28)6-7-21(20)25/h2-8,11,14,18H,9-10,12-13H2,1H3. The Balaban J connectivity index is 1.45. The van der Waals surface area contributed by atoms with Crippen molar-refractivity contribution in [3.63, 3.8) is 0 Å². The third-order valence-corrected chi connectivity index (χ3v) is 5.70. The van der Waals surface area contributed by atoms with Crippen LogP contribution in [-0.4, -0.2) is 28.8 Å². The Labute approximate surface area is 182 Å². The number of carbonyl (C=O) groups excluding carboxylic acids is 1. The maximum absolute atomic E-state index is 14.1. The number of carbonyl (C=O) groups is 1. The second-order valence-electron chi connectivity index (χ2n) is 7.89. The highest BCUT2D eigenvalue weighted by Crippen LogP contribution is 2.34. The highest BCUT2D eigenvalue weighted by atomic mass is 19.4. The highest BCUT2D eigenvalue weighted by Gasteiger charge is 2.31. The van der Waals surface area contributed by atoms with Gasteiger partial charge in [-0.1, -0.05) is 24.3 Å². The lowest BCUT2D eigenvalue weighted by atomic mass is 9.88. The second kappa shape index (κ2) is 8.68. The Bertz CT molecular complexity index is 1120. The molecular formula is C24H21F4N3O. The lowest BCUT2D eigenvalue weighted by Gasteiger charge is -2.31. The molecule has 0 spiro atoms. The van der Waals surface area contributed by atoms with Crippen molar-refractivity contribution < 1.29 is 22.4 Å². The zero-order valence-electron chi connectivity index (χ0n) is 17.4. The number of anilines is 1. The molecular weight excluding hydrogens is 422 g/mol. The van der Waals surface area contributed by atoms with E-state index in [9.17, 15) is 22.4 Å². The fraction of sp³-hybridized carbons (Fsp3) is 0.292. The fourth-order valence-electron chi connectivity index (χ4n) is 3.90. The molecule has 4 nitrogen and oxygen atoms in total. The molecule has 4 rings (SSSR count). The summed E-state index contributed by atoms with van der Waals surface area (Å²) >= 11 is 0. The first-order valence-electron chi connectivity index (χ1n) is 10.3. The molecule has 3 aromatic rings. The molecule has 2 aromatic carbocycles. The fourth-order valence-corrected chi connectivity index (χ4v) is 3.90. The smallest absolute Gasteiger partial charge is 0.341 e. The van der Waals surface area contributed by atoms with Crippen LogP contribution in [-0.2, 0) is 6.18 Å². The van der Waals surface area contributed by atoms with Crippen molar-refractivity contribution in [2.45, 2.75) is 25.9 Å². The van der Waals surface area contributed by atoms with Gasteiger partial charge in [0.1, 0.15) is 5.82 Å². The Hall–Kier alpha value is -3.29. The number of aryl methyl sites for hydroxylation is 1. The number of piperidine rings is 1. The predicted molar refractivity (Wildman–Crippen MR) is 113 cm³/mol. The Morgan fingerprint density at radius 2 is 1.72 bits per heavy atom. The van der Waals surface area contributed by atoms with Gasteiger partial charge in [-0.3, -0.25) is 4.79 Å². The van der Waals surface area contributed by atoms with Gasteiger partial charge in [-0.25, -0.2) is 14.4 Å². The molecule has 0 bridgehead atoms. The van der Waals surface area contributed by atoms with E-state index >= 15 is 0 Å². The average molecular weight is 443 g/mol. The predicted octanol–water partition coefficient (Wildman–Crippen LogP) is 5.71. The zero-order valence-corrected chi connectivity index (χ0v) is 17.4. The number of rotatable bonds is 4. The molecule has 1 aromatic heterocycles.